The molecule has 1 fully saturated rings. The van der Waals surface area contributed by atoms with Crippen molar-refractivity contribution in [2.24, 2.45) is 0 Å². The molecule has 1 aliphatic rings. The molecule has 0 amide bonds. The average molecular weight is 433 g/mol. The molecule has 0 aromatic carbocycles. The molecule has 1 aliphatic heterocycles. The molecule has 0 bridgehead atoms. The van der Waals surface area contributed by atoms with E-state index in [1.165, 1.54) is 0 Å². The van der Waals surface area contributed by atoms with Crippen molar-refractivity contribution in [3.63, 3.8) is 0 Å². The van der Waals surface area contributed by atoms with Gasteiger partial charge in [0.1, 0.15) is 12.2 Å². The van der Waals surface area contributed by atoms with Crippen LogP contribution in [0.3, 0.4) is 0 Å². The van der Waals surface area contributed by atoms with Crippen LogP contribution < -0.4 is 0 Å². The van der Waals surface area contributed by atoms with Crippen LogP contribution in [0.1, 0.15) is 20.8 Å². The van der Waals surface area contributed by atoms with Gasteiger partial charge in [-0.25, -0.2) is 0 Å². The molecule has 6 heteroatoms. The fraction of sp³-hybridized carbons (Fsp3) is 1.00. The molecule has 4 N–H and O–H groups in total. The number of hydrogen-bond donors (Lipinski definition) is 3. The third-order valence-corrected chi connectivity index (χ3v) is 2.17. The third kappa shape index (κ3) is 4.95. The summed E-state index contributed by atoms with van der Waals surface area (Å²) in [7, 11) is 0. The molecule has 0 aromatic rings. The Kier molecular flexibility index (Phi) is 11.5. The van der Waals surface area contributed by atoms with Crippen molar-refractivity contribution in [2.75, 3.05) is 6.61 Å². The predicted octanol–water partition coefficient (Wildman–Crippen LogP) is -0.0652. The summed E-state index contributed by atoms with van der Waals surface area (Å²) in [6, 6.07) is -0.845. The van der Waals surface area contributed by atoms with Gasteiger partial charge in [0.25, 0.3) is 0 Å². The summed E-state index contributed by atoms with van der Waals surface area (Å²) in [6.45, 7) is 5.30. The Morgan fingerprint density at radius 1 is 1.20 bits per heavy atom. The molecule has 3 unspecified atom stereocenters. The van der Waals surface area contributed by atoms with Crippen LogP contribution in [-0.4, -0.2) is 52.4 Å². The van der Waals surface area contributed by atoms with Gasteiger partial charge in [0, 0.05) is 50.2 Å². The standard InChI is InChI=1S/C7H14NO4.C2H6.Ac/c1-3-5(8)7(11)6(10)4(2-9)12-3;1-2;/h3-11H,2H2,1H3;1-2H3;/q-1;;/t3-,4+,5?,6?,7?;;/m0../s1. The molecule has 5 nitrogen and oxygen atoms in total. The zero-order valence-corrected chi connectivity index (χ0v) is 14.2. The second kappa shape index (κ2) is 9.29. The maximum atomic E-state index is 9.29. The van der Waals surface area contributed by atoms with Crippen LogP contribution >= 0.6 is 0 Å². The van der Waals surface area contributed by atoms with Crippen molar-refractivity contribution in [3.8, 4) is 0 Å². The van der Waals surface area contributed by atoms with Gasteiger partial charge < -0.3 is 25.8 Å². The molecule has 0 aromatic heterocycles. The van der Waals surface area contributed by atoms with Crippen molar-refractivity contribution in [1.29, 1.82) is 0 Å². The van der Waals surface area contributed by atoms with Crippen LogP contribution in [0.25, 0.3) is 5.73 Å². The van der Waals surface area contributed by atoms with Crippen LogP contribution in [0.5, 0.6) is 0 Å². The van der Waals surface area contributed by atoms with E-state index in [4.69, 9.17) is 15.6 Å². The molecule has 89 valence electrons. The second-order valence-corrected chi connectivity index (χ2v) is 3.07. The van der Waals surface area contributed by atoms with E-state index in [-0.39, 0.29) is 50.7 Å². The Hall–Kier alpha value is 1.24. The number of hydrogen-bond acceptors (Lipinski definition) is 4. The minimum absolute atomic E-state index is 0. The monoisotopic (exact) mass is 433 g/mol. The largest absolute Gasteiger partial charge is 0.670 e. The first kappa shape index (κ1) is 18.6. The molecule has 1 saturated heterocycles. The maximum absolute atomic E-state index is 9.29. The van der Waals surface area contributed by atoms with E-state index in [9.17, 15) is 10.2 Å². The van der Waals surface area contributed by atoms with E-state index < -0.39 is 30.5 Å². The smallest absolute Gasteiger partial charge is 0.109 e. The summed E-state index contributed by atoms with van der Waals surface area (Å²) >= 11 is 0. The molecule has 15 heavy (non-hydrogen) atoms. The molecule has 0 saturated carbocycles. The first-order valence-electron chi connectivity index (χ1n) is 4.91. The normalized spacial score (nSPS) is 39.8. The van der Waals surface area contributed by atoms with Crippen molar-refractivity contribution < 1.29 is 64.1 Å². The van der Waals surface area contributed by atoms with Crippen LogP contribution in [0.15, 0.2) is 0 Å². The molecular weight excluding hydrogens is 413 g/mol. The van der Waals surface area contributed by atoms with Crippen LogP contribution in [-0.2, 0) is 4.74 Å². The summed E-state index contributed by atoms with van der Waals surface area (Å²) in [5.74, 6) is 0. The fourth-order valence-electron chi connectivity index (χ4n) is 1.30. The molecule has 1 rings (SSSR count). The molecular formula is C9H20AcNO4-. The molecule has 1 heterocycles. The quantitative estimate of drug-likeness (QED) is 0.540. The Morgan fingerprint density at radius 2 is 1.67 bits per heavy atom. The number of rotatable bonds is 1. The van der Waals surface area contributed by atoms with Crippen LogP contribution in [0, 0.1) is 44.1 Å². The van der Waals surface area contributed by atoms with Crippen molar-refractivity contribution in [3.05, 3.63) is 5.73 Å². The van der Waals surface area contributed by atoms with E-state index >= 15 is 0 Å². The van der Waals surface area contributed by atoms with E-state index in [1.54, 1.807) is 6.92 Å². The van der Waals surface area contributed by atoms with Crippen molar-refractivity contribution >= 4 is 0 Å². The van der Waals surface area contributed by atoms with Crippen molar-refractivity contribution in [1.82, 2.24) is 0 Å². The average Bonchev–Trinajstić information content (AvgIpc) is 2.23. The minimum atomic E-state index is -1.16. The number of aliphatic hydroxyl groups is 3. The molecule has 0 spiro atoms. The summed E-state index contributed by atoms with van der Waals surface area (Å²) < 4.78 is 5.08. The Morgan fingerprint density at radius 3 is 2.07 bits per heavy atom. The topological polar surface area (TPSA) is 93.7 Å². The van der Waals surface area contributed by atoms with E-state index in [1.807, 2.05) is 13.8 Å². The van der Waals surface area contributed by atoms with Gasteiger partial charge in [-0.2, -0.15) is 0 Å². The Balaban J connectivity index is 0. The molecule has 1 radical (unpaired) electrons. The number of aliphatic hydroxyl groups excluding tert-OH is 3. The summed E-state index contributed by atoms with van der Waals surface area (Å²) in [4.78, 5) is 0. The molecule has 5 atom stereocenters. The first-order valence-corrected chi connectivity index (χ1v) is 4.91. The zero-order chi connectivity index (χ0) is 11.3. The fourth-order valence-corrected chi connectivity index (χ4v) is 1.30. The zero-order valence-electron chi connectivity index (χ0n) is 9.42. The van der Waals surface area contributed by atoms with Gasteiger partial charge in [-0.15, -0.1) is 0 Å². The summed E-state index contributed by atoms with van der Waals surface area (Å²) in [6.07, 6.45) is -3.52. The summed E-state index contributed by atoms with van der Waals surface area (Å²) in [5, 5.41) is 27.3. The predicted molar refractivity (Wildman–Crippen MR) is 52.9 cm³/mol. The van der Waals surface area contributed by atoms with Crippen molar-refractivity contribution in [2.45, 2.75) is 51.2 Å². The SMILES string of the molecule is CC.C[C@@H]1O[C@H](CO)C(O)C(O)C1[NH-].[Ac]. The number of ether oxygens (including phenoxy) is 1. The van der Waals surface area contributed by atoms with E-state index in [2.05, 4.69) is 0 Å². The van der Waals surface area contributed by atoms with Gasteiger partial charge in [-0.3, -0.25) is 0 Å². The van der Waals surface area contributed by atoms with Gasteiger partial charge in [0.15, 0.2) is 0 Å². The van der Waals surface area contributed by atoms with Gasteiger partial charge in [0.05, 0.1) is 12.7 Å². The summed E-state index contributed by atoms with van der Waals surface area (Å²) in [5.41, 5.74) is 7.36. The maximum Gasteiger partial charge on any atom is 0.109 e. The Bertz CT molecular complexity index is 156. The number of nitrogens with one attached hydrogen (secondary N) is 1. The first-order chi connectivity index (χ1) is 6.57. The Labute approximate surface area is 127 Å². The van der Waals surface area contributed by atoms with E-state index in [0.717, 1.165) is 0 Å². The van der Waals surface area contributed by atoms with E-state index in [0.29, 0.717) is 0 Å². The minimum Gasteiger partial charge on any atom is -0.670 e. The third-order valence-electron chi connectivity index (χ3n) is 2.17. The van der Waals surface area contributed by atoms with Gasteiger partial charge in [0.2, 0.25) is 0 Å². The second-order valence-electron chi connectivity index (χ2n) is 3.07. The van der Waals surface area contributed by atoms with Gasteiger partial charge in [-0.1, -0.05) is 19.9 Å². The van der Waals surface area contributed by atoms with Gasteiger partial charge in [-0.05, 0) is 6.92 Å². The van der Waals surface area contributed by atoms with Crippen LogP contribution in [0.2, 0.25) is 0 Å². The van der Waals surface area contributed by atoms with Crippen LogP contribution in [0.4, 0.5) is 0 Å². The van der Waals surface area contributed by atoms with Gasteiger partial charge >= 0.3 is 0 Å². The molecule has 0 aliphatic carbocycles.